The lowest BCUT2D eigenvalue weighted by Gasteiger charge is -2.21. The van der Waals surface area contributed by atoms with E-state index in [9.17, 15) is 0 Å². The van der Waals surface area contributed by atoms with Crippen molar-refractivity contribution < 1.29 is 0 Å². The van der Waals surface area contributed by atoms with Crippen molar-refractivity contribution in [3.63, 3.8) is 0 Å². The second-order valence-corrected chi connectivity index (χ2v) is 13.9. The number of benzene rings is 7. The van der Waals surface area contributed by atoms with Crippen LogP contribution < -0.4 is 0 Å². The highest BCUT2D eigenvalue weighted by Crippen LogP contribution is 2.49. The Labute approximate surface area is 299 Å². The first kappa shape index (κ1) is 30.7. The Morgan fingerprint density at radius 1 is 0.314 bits per heavy atom. The van der Waals surface area contributed by atoms with Crippen LogP contribution in [0.15, 0.2) is 182 Å². The third kappa shape index (κ3) is 5.65. The van der Waals surface area contributed by atoms with Crippen LogP contribution in [0.1, 0.15) is 25.0 Å². The van der Waals surface area contributed by atoms with Crippen molar-refractivity contribution in [2.24, 2.45) is 0 Å². The molecule has 0 unspecified atom stereocenters. The van der Waals surface area contributed by atoms with Crippen molar-refractivity contribution in [1.82, 2.24) is 9.97 Å². The molecule has 1 aliphatic carbocycles. The van der Waals surface area contributed by atoms with Gasteiger partial charge in [0.1, 0.15) is 0 Å². The fourth-order valence-corrected chi connectivity index (χ4v) is 7.58. The second-order valence-electron chi connectivity index (χ2n) is 13.9. The summed E-state index contributed by atoms with van der Waals surface area (Å²) in [5, 5.41) is 0. The molecule has 0 saturated heterocycles. The standard InChI is InChI=1S/C49H36N2/c1-49(2)44-25-10-9-24-42(44)43-31-40(26-27-45(43)49)38-21-12-19-36(29-38)35-18-11-20-37(28-35)39-22-13-23-41(30-39)47-32-46(33-14-5-3-6-15-33)50-48(51-47)34-16-7-4-8-17-34/h3-32H,1-2H3. The summed E-state index contributed by atoms with van der Waals surface area (Å²) >= 11 is 0. The van der Waals surface area contributed by atoms with Crippen LogP contribution in [0.2, 0.25) is 0 Å². The minimum atomic E-state index is 0.00583. The lowest BCUT2D eigenvalue weighted by atomic mass is 9.82. The Balaban J connectivity index is 1.06. The van der Waals surface area contributed by atoms with Crippen LogP contribution in [-0.2, 0) is 5.41 Å². The molecule has 1 aromatic heterocycles. The summed E-state index contributed by atoms with van der Waals surface area (Å²) in [5.74, 6) is 0.718. The van der Waals surface area contributed by atoms with Gasteiger partial charge in [0.25, 0.3) is 0 Å². The Morgan fingerprint density at radius 3 is 1.35 bits per heavy atom. The molecule has 2 heteroatoms. The van der Waals surface area contributed by atoms with Gasteiger partial charge >= 0.3 is 0 Å². The van der Waals surface area contributed by atoms with E-state index in [0.29, 0.717) is 0 Å². The first-order valence-corrected chi connectivity index (χ1v) is 17.6. The van der Waals surface area contributed by atoms with E-state index in [1.165, 1.54) is 44.5 Å². The van der Waals surface area contributed by atoms with Gasteiger partial charge in [-0.2, -0.15) is 0 Å². The zero-order valence-electron chi connectivity index (χ0n) is 28.7. The summed E-state index contributed by atoms with van der Waals surface area (Å²) < 4.78 is 0. The summed E-state index contributed by atoms with van der Waals surface area (Å²) in [6.07, 6.45) is 0. The average molecular weight is 653 g/mol. The van der Waals surface area contributed by atoms with Crippen molar-refractivity contribution >= 4 is 0 Å². The predicted molar refractivity (Wildman–Crippen MR) is 212 cm³/mol. The SMILES string of the molecule is CC1(C)c2ccccc2-c2cc(-c3cccc(-c4cccc(-c5cccc(-c6cc(-c7ccccc7)nc(-c7ccccc7)n6)c5)c4)c3)ccc21. The van der Waals surface area contributed by atoms with E-state index in [0.717, 1.165) is 45.0 Å². The molecule has 9 rings (SSSR count). The van der Waals surface area contributed by atoms with Gasteiger partial charge in [-0.25, -0.2) is 9.97 Å². The quantitative estimate of drug-likeness (QED) is 0.179. The van der Waals surface area contributed by atoms with E-state index >= 15 is 0 Å². The topological polar surface area (TPSA) is 25.8 Å². The summed E-state index contributed by atoms with van der Waals surface area (Å²) in [5.41, 5.74) is 17.6. The third-order valence-corrected chi connectivity index (χ3v) is 10.3. The lowest BCUT2D eigenvalue weighted by Crippen LogP contribution is -2.14. The molecule has 1 aliphatic rings. The minimum absolute atomic E-state index is 0.00583. The number of rotatable bonds is 6. The van der Waals surface area contributed by atoms with E-state index in [2.05, 4.69) is 159 Å². The van der Waals surface area contributed by atoms with Gasteiger partial charge in [-0.05, 0) is 86.0 Å². The Kier molecular flexibility index (Phi) is 7.51. The number of hydrogen-bond donors (Lipinski definition) is 0. The van der Waals surface area contributed by atoms with Crippen molar-refractivity contribution in [3.05, 3.63) is 193 Å². The third-order valence-electron chi connectivity index (χ3n) is 10.3. The smallest absolute Gasteiger partial charge is 0.160 e. The zero-order valence-corrected chi connectivity index (χ0v) is 28.7. The molecule has 242 valence electrons. The van der Waals surface area contributed by atoms with Crippen LogP contribution in [-0.4, -0.2) is 9.97 Å². The molecule has 0 aliphatic heterocycles. The van der Waals surface area contributed by atoms with Crippen molar-refractivity contribution in [2.75, 3.05) is 0 Å². The van der Waals surface area contributed by atoms with Gasteiger partial charge in [0, 0.05) is 22.1 Å². The van der Waals surface area contributed by atoms with Crippen LogP contribution in [0.25, 0.3) is 78.4 Å². The molecule has 0 saturated carbocycles. The first-order valence-electron chi connectivity index (χ1n) is 17.6. The Hall–Kier alpha value is -6.38. The van der Waals surface area contributed by atoms with E-state index in [-0.39, 0.29) is 5.41 Å². The summed E-state index contributed by atoms with van der Waals surface area (Å²) in [4.78, 5) is 10.0. The first-order chi connectivity index (χ1) is 25.0. The van der Waals surface area contributed by atoms with Gasteiger partial charge in [-0.3, -0.25) is 0 Å². The van der Waals surface area contributed by atoms with Crippen molar-refractivity contribution in [2.45, 2.75) is 19.3 Å². The molecule has 2 nitrogen and oxygen atoms in total. The molecular weight excluding hydrogens is 617 g/mol. The highest BCUT2D eigenvalue weighted by molar-refractivity contribution is 5.86. The molecule has 0 spiro atoms. The summed E-state index contributed by atoms with van der Waals surface area (Å²) in [7, 11) is 0. The molecule has 0 amide bonds. The van der Waals surface area contributed by atoms with Crippen LogP contribution in [0.4, 0.5) is 0 Å². The number of aromatic nitrogens is 2. The van der Waals surface area contributed by atoms with Gasteiger partial charge in [0.15, 0.2) is 5.82 Å². The molecule has 0 atom stereocenters. The maximum absolute atomic E-state index is 5.07. The van der Waals surface area contributed by atoms with Crippen LogP contribution >= 0.6 is 0 Å². The molecule has 7 aromatic carbocycles. The molecule has 0 N–H and O–H groups in total. The highest BCUT2D eigenvalue weighted by Gasteiger charge is 2.35. The lowest BCUT2D eigenvalue weighted by molar-refractivity contribution is 0.660. The summed E-state index contributed by atoms with van der Waals surface area (Å²) in [6.45, 7) is 4.66. The van der Waals surface area contributed by atoms with Crippen LogP contribution in [0, 0.1) is 0 Å². The van der Waals surface area contributed by atoms with Gasteiger partial charge in [0.2, 0.25) is 0 Å². The maximum Gasteiger partial charge on any atom is 0.160 e. The van der Waals surface area contributed by atoms with Gasteiger partial charge in [-0.1, -0.05) is 166 Å². The molecule has 8 aromatic rings. The van der Waals surface area contributed by atoms with E-state index in [1.807, 2.05) is 36.4 Å². The zero-order chi connectivity index (χ0) is 34.4. The van der Waals surface area contributed by atoms with Gasteiger partial charge in [0.05, 0.1) is 11.4 Å². The predicted octanol–water partition coefficient (Wildman–Crippen LogP) is 12.8. The Bertz CT molecular complexity index is 2490. The normalized spacial score (nSPS) is 12.7. The molecule has 51 heavy (non-hydrogen) atoms. The molecular formula is C49H36N2. The summed E-state index contributed by atoms with van der Waals surface area (Å²) in [6, 6.07) is 64.9. The van der Waals surface area contributed by atoms with Gasteiger partial charge < -0.3 is 0 Å². The van der Waals surface area contributed by atoms with E-state index in [1.54, 1.807) is 0 Å². The molecule has 0 radical (unpaired) electrons. The highest BCUT2D eigenvalue weighted by atomic mass is 14.9. The number of nitrogens with zero attached hydrogens (tertiary/aromatic N) is 2. The second kappa shape index (κ2) is 12.5. The van der Waals surface area contributed by atoms with Crippen LogP contribution in [0.3, 0.4) is 0 Å². The van der Waals surface area contributed by atoms with Crippen LogP contribution in [0.5, 0.6) is 0 Å². The van der Waals surface area contributed by atoms with E-state index in [4.69, 9.17) is 9.97 Å². The minimum Gasteiger partial charge on any atom is -0.228 e. The Morgan fingerprint density at radius 2 is 0.745 bits per heavy atom. The van der Waals surface area contributed by atoms with E-state index < -0.39 is 0 Å². The van der Waals surface area contributed by atoms with Crippen molar-refractivity contribution in [1.29, 1.82) is 0 Å². The average Bonchev–Trinajstić information content (AvgIpc) is 3.44. The van der Waals surface area contributed by atoms with Crippen molar-refractivity contribution in [3.8, 4) is 78.4 Å². The fraction of sp³-hybridized carbons (Fsp3) is 0.0612. The number of fused-ring (bicyclic) bond motifs is 3. The largest absolute Gasteiger partial charge is 0.228 e. The molecule has 0 fully saturated rings. The maximum atomic E-state index is 5.07. The molecule has 0 bridgehead atoms. The number of hydrogen-bond acceptors (Lipinski definition) is 2. The van der Waals surface area contributed by atoms with Gasteiger partial charge in [-0.15, -0.1) is 0 Å². The monoisotopic (exact) mass is 652 g/mol. The fourth-order valence-electron chi connectivity index (χ4n) is 7.58. The molecule has 1 heterocycles.